The van der Waals surface area contributed by atoms with Crippen molar-refractivity contribution in [3.05, 3.63) is 21.4 Å². The summed E-state index contributed by atoms with van der Waals surface area (Å²) in [6.07, 6.45) is 1.93. The van der Waals surface area contributed by atoms with Crippen LogP contribution >= 0.6 is 34.7 Å². The molecule has 0 fully saturated rings. The zero-order chi connectivity index (χ0) is 9.42. The highest BCUT2D eigenvalue weighted by atomic mass is 35.5. The van der Waals surface area contributed by atoms with Crippen molar-refractivity contribution in [2.24, 2.45) is 0 Å². The van der Waals surface area contributed by atoms with Gasteiger partial charge in [-0.1, -0.05) is 23.4 Å². The Balaban J connectivity index is 2.83. The Morgan fingerprint density at radius 3 is 3.15 bits per heavy atom. The second kappa shape index (κ2) is 3.32. The maximum Gasteiger partial charge on any atom is 0.251 e. The second-order valence-corrected chi connectivity index (χ2v) is 4.80. The Morgan fingerprint density at radius 1 is 1.69 bits per heavy atom. The summed E-state index contributed by atoms with van der Waals surface area (Å²) in [7, 11) is 0. The van der Waals surface area contributed by atoms with Crippen LogP contribution in [0.3, 0.4) is 0 Å². The zero-order valence-electron chi connectivity index (χ0n) is 6.63. The summed E-state index contributed by atoms with van der Waals surface area (Å²) < 4.78 is 1.74. The van der Waals surface area contributed by atoms with Crippen molar-refractivity contribution in [2.45, 2.75) is 4.34 Å². The number of hydrogen-bond donors (Lipinski definition) is 1. The van der Waals surface area contributed by atoms with Gasteiger partial charge in [-0.3, -0.25) is 4.79 Å². The van der Waals surface area contributed by atoms with Crippen LogP contribution in [0.1, 0.15) is 0 Å². The van der Waals surface area contributed by atoms with Gasteiger partial charge in [0, 0.05) is 6.07 Å². The molecule has 0 atom stereocenters. The molecule has 0 aliphatic rings. The number of halogens is 1. The van der Waals surface area contributed by atoms with Gasteiger partial charge in [0.15, 0.2) is 9.99 Å². The third kappa shape index (κ3) is 1.59. The number of pyridine rings is 1. The average Bonchev–Trinajstić information content (AvgIpc) is 2.47. The number of nitrogens with one attached hydrogen (secondary N) is 1. The van der Waals surface area contributed by atoms with E-state index in [2.05, 4.69) is 9.97 Å². The van der Waals surface area contributed by atoms with E-state index in [1.54, 1.807) is 0 Å². The smallest absolute Gasteiger partial charge is 0.251 e. The molecule has 0 saturated heterocycles. The standard InChI is InChI=1S/C7H5ClN2OS2/c1-12-7-10-6-5(13-7)3(8)2-4(11)9-6/h2H,1H3,(H,9,11). The molecule has 1 N–H and O–H groups in total. The number of aromatic amines is 1. The highest BCUT2D eigenvalue weighted by Crippen LogP contribution is 2.30. The van der Waals surface area contributed by atoms with Gasteiger partial charge < -0.3 is 4.98 Å². The minimum Gasteiger partial charge on any atom is -0.306 e. The van der Waals surface area contributed by atoms with Crippen LogP contribution in [0.15, 0.2) is 15.2 Å². The molecule has 0 bridgehead atoms. The van der Waals surface area contributed by atoms with E-state index < -0.39 is 0 Å². The van der Waals surface area contributed by atoms with E-state index >= 15 is 0 Å². The molecule has 2 heterocycles. The van der Waals surface area contributed by atoms with E-state index in [-0.39, 0.29) is 5.56 Å². The van der Waals surface area contributed by atoms with Crippen molar-refractivity contribution in [1.82, 2.24) is 9.97 Å². The highest BCUT2D eigenvalue weighted by molar-refractivity contribution is 8.00. The normalized spacial score (nSPS) is 10.9. The van der Waals surface area contributed by atoms with Gasteiger partial charge >= 0.3 is 0 Å². The molecule has 0 amide bonds. The summed E-state index contributed by atoms with van der Waals surface area (Å²) in [5.74, 6) is 0. The number of thioether (sulfide) groups is 1. The fraction of sp³-hybridized carbons (Fsp3) is 0.143. The van der Waals surface area contributed by atoms with Crippen molar-refractivity contribution in [2.75, 3.05) is 6.26 Å². The zero-order valence-corrected chi connectivity index (χ0v) is 9.02. The van der Waals surface area contributed by atoms with E-state index in [4.69, 9.17) is 11.6 Å². The highest BCUT2D eigenvalue weighted by Gasteiger charge is 2.07. The van der Waals surface area contributed by atoms with Gasteiger partial charge in [-0.2, -0.15) is 0 Å². The number of nitrogens with zero attached hydrogens (tertiary/aromatic N) is 1. The molecule has 0 aliphatic carbocycles. The summed E-state index contributed by atoms with van der Waals surface area (Å²) in [5.41, 5.74) is 0.363. The topological polar surface area (TPSA) is 45.8 Å². The van der Waals surface area contributed by atoms with E-state index in [9.17, 15) is 4.79 Å². The van der Waals surface area contributed by atoms with Crippen molar-refractivity contribution in [3.8, 4) is 0 Å². The molecule has 2 aromatic heterocycles. The monoisotopic (exact) mass is 232 g/mol. The lowest BCUT2D eigenvalue weighted by molar-refractivity contribution is 1.20. The van der Waals surface area contributed by atoms with Crippen LogP contribution in [0.5, 0.6) is 0 Å². The van der Waals surface area contributed by atoms with Crippen LogP contribution in [-0.2, 0) is 0 Å². The molecule has 0 aromatic carbocycles. The van der Waals surface area contributed by atoms with Crippen LogP contribution < -0.4 is 5.56 Å². The molecule has 0 radical (unpaired) electrons. The van der Waals surface area contributed by atoms with Crippen molar-refractivity contribution in [3.63, 3.8) is 0 Å². The minimum absolute atomic E-state index is 0.213. The van der Waals surface area contributed by atoms with Crippen LogP contribution in [-0.4, -0.2) is 16.2 Å². The second-order valence-electron chi connectivity index (χ2n) is 2.34. The quantitative estimate of drug-likeness (QED) is 0.768. The molecular weight excluding hydrogens is 228 g/mol. The van der Waals surface area contributed by atoms with Crippen LogP contribution in [0, 0.1) is 0 Å². The number of H-pyrrole nitrogens is 1. The Bertz CT molecular complexity index is 505. The fourth-order valence-electron chi connectivity index (χ4n) is 0.968. The average molecular weight is 233 g/mol. The first-order chi connectivity index (χ1) is 6.20. The molecule has 68 valence electrons. The third-order valence-electron chi connectivity index (χ3n) is 1.50. The van der Waals surface area contributed by atoms with E-state index in [1.165, 1.54) is 29.2 Å². The van der Waals surface area contributed by atoms with Gasteiger partial charge in [-0.25, -0.2) is 4.98 Å². The summed E-state index contributed by atoms with van der Waals surface area (Å²) >= 11 is 8.89. The van der Waals surface area contributed by atoms with Gasteiger partial charge in [0.05, 0.1) is 9.72 Å². The predicted octanol–water partition coefficient (Wildman–Crippen LogP) is 2.36. The maximum atomic E-state index is 11.0. The van der Waals surface area contributed by atoms with Gasteiger partial charge in [-0.15, -0.1) is 11.3 Å². The SMILES string of the molecule is CSc1nc2[nH]c(=O)cc(Cl)c2s1. The van der Waals surface area contributed by atoms with Gasteiger partial charge in [-0.05, 0) is 6.26 Å². The number of fused-ring (bicyclic) bond motifs is 1. The molecule has 13 heavy (non-hydrogen) atoms. The fourth-order valence-corrected chi connectivity index (χ4v) is 2.70. The molecule has 0 unspecified atom stereocenters. The van der Waals surface area contributed by atoms with Gasteiger partial charge in [0.2, 0.25) is 0 Å². The largest absolute Gasteiger partial charge is 0.306 e. The molecular formula is C7H5ClN2OS2. The third-order valence-corrected chi connectivity index (χ3v) is 3.98. The van der Waals surface area contributed by atoms with Crippen molar-refractivity contribution < 1.29 is 0 Å². The Morgan fingerprint density at radius 2 is 2.46 bits per heavy atom. The lowest BCUT2D eigenvalue weighted by Crippen LogP contribution is -2.02. The molecule has 0 aliphatic heterocycles. The van der Waals surface area contributed by atoms with Gasteiger partial charge in [0.25, 0.3) is 5.56 Å². The molecule has 0 spiro atoms. The Kier molecular flexibility index (Phi) is 2.31. The first kappa shape index (κ1) is 9.05. The number of hydrogen-bond acceptors (Lipinski definition) is 4. The lowest BCUT2D eigenvalue weighted by atomic mass is 10.5. The van der Waals surface area contributed by atoms with Crippen LogP contribution in [0.4, 0.5) is 0 Å². The summed E-state index contributed by atoms with van der Waals surface area (Å²) in [4.78, 5) is 17.8. The lowest BCUT2D eigenvalue weighted by Gasteiger charge is -1.88. The van der Waals surface area contributed by atoms with Crippen molar-refractivity contribution in [1.29, 1.82) is 0 Å². The summed E-state index contributed by atoms with van der Waals surface area (Å²) in [6, 6.07) is 1.37. The molecule has 3 nitrogen and oxygen atoms in total. The van der Waals surface area contributed by atoms with Crippen molar-refractivity contribution >= 4 is 45.0 Å². The summed E-state index contributed by atoms with van der Waals surface area (Å²) in [5, 5.41) is 0.469. The predicted molar refractivity (Wildman–Crippen MR) is 57.0 cm³/mol. The van der Waals surface area contributed by atoms with E-state index in [0.29, 0.717) is 10.7 Å². The Labute approximate surface area is 87.1 Å². The minimum atomic E-state index is -0.213. The number of aromatic nitrogens is 2. The maximum absolute atomic E-state index is 11.0. The first-order valence-corrected chi connectivity index (χ1v) is 5.86. The first-order valence-electron chi connectivity index (χ1n) is 3.44. The van der Waals surface area contributed by atoms with Gasteiger partial charge in [0.1, 0.15) is 0 Å². The van der Waals surface area contributed by atoms with E-state index in [0.717, 1.165) is 9.04 Å². The van der Waals surface area contributed by atoms with Crippen LogP contribution in [0.25, 0.3) is 10.3 Å². The van der Waals surface area contributed by atoms with Crippen LogP contribution in [0.2, 0.25) is 5.02 Å². The molecule has 2 aromatic rings. The summed E-state index contributed by atoms with van der Waals surface area (Å²) in [6.45, 7) is 0. The molecule has 2 rings (SSSR count). The number of rotatable bonds is 1. The Hall–Kier alpha value is -0.520. The molecule has 6 heteroatoms. The molecule has 0 saturated carbocycles. The number of thiazole rings is 1. The van der Waals surface area contributed by atoms with E-state index in [1.807, 2.05) is 6.26 Å².